The van der Waals surface area contributed by atoms with Crippen molar-refractivity contribution < 1.29 is 4.39 Å². The van der Waals surface area contributed by atoms with Crippen LogP contribution in [0.4, 0.5) is 4.39 Å². The molecule has 0 radical (unpaired) electrons. The second-order valence-corrected chi connectivity index (χ2v) is 8.77. The number of halogens is 1. The molecule has 1 aromatic rings. The number of hydrogen-bond donors (Lipinski definition) is 0. The molecular formula is C25H34FN. The van der Waals surface area contributed by atoms with E-state index in [-0.39, 0.29) is 11.4 Å². The molecule has 0 atom stereocenters. The van der Waals surface area contributed by atoms with Crippen LogP contribution in [-0.4, -0.2) is 0 Å². The minimum atomic E-state index is -0.369. The zero-order valence-electron chi connectivity index (χ0n) is 16.8. The van der Waals surface area contributed by atoms with Crippen molar-refractivity contribution in [2.75, 3.05) is 0 Å². The SMILES string of the molecule is CCCC[C@H]1CC[C@H](/C=C/C2CCC(c3ccc(C#N)c(F)c3)CC2)CC1. The Kier molecular flexibility index (Phi) is 7.50. The van der Waals surface area contributed by atoms with Crippen LogP contribution in [0.15, 0.2) is 30.4 Å². The Balaban J connectivity index is 1.43. The molecule has 0 unspecified atom stereocenters. The van der Waals surface area contributed by atoms with Crippen LogP contribution in [0.25, 0.3) is 0 Å². The zero-order chi connectivity index (χ0) is 19.1. The number of hydrogen-bond acceptors (Lipinski definition) is 1. The van der Waals surface area contributed by atoms with E-state index in [1.807, 2.05) is 12.1 Å². The summed E-state index contributed by atoms with van der Waals surface area (Å²) in [6.07, 6.45) is 19.4. The standard InChI is InChI=1S/C25H34FN/c1-2-3-4-19-5-7-20(8-6-19)9-10-21-11-13-22(14-12-21)23-15-16-24(18-27)25(26)17-23/h9-10,15-17,19-22H,2-8,11-14H2,1H3/b10-9+/t19-,20-,21?,22?. The summed E-state index contributed by atoms with van der Waals surface area (Å²) in [6.45, 7) is 2.29. The molecule has 1 aromatic carbocycles. The van der Waals surface area contributed by atoms with E-state index in [0.29, 0.717) is 11.8 Å². The van der Waals surface area contributed by atoms with Crippen molar-refractivity contribution in [3.05, 3.63) is 47.3 Å². The minimum Gasteiger partial charge on any atom is -0.206 e. The van der Waals surface area contributed by atoms with Gasteiger partial charge in [0.05, 0.1) is 5.56 Å². The summed E-state index contributed by atoms with van der Waals surface area (Å²) >= 11 is 0. The Morgan fingerprint density at radius 1 is 1.00 bits per heavy atom. The molecule has 2 heteroatoms. The Hall–Kier alpha value is -1.62. The lowest BCUT2D eigenvalue weighted by Crippen LogP contribution is -2.14. The summed E-state index contributed by atoms with van der Waals surface area (Å²) < 4.78 is 13.9. The largest absolute Gasteiger partial charge is 0.206 e. The van der Waals surface area contributed by atoms with Gasteiger partial charge in [-0.1, -0.05) is 44.4 Å². The first-order chi connectivity index (χ1) is 13.2. The van der Waals surface area contributed by atoms with Crippen molar-refractivity contribution in [2.24, 2.45) is 17.8 Å². The molecule has 1 nitrogen and oxygen atoms in total. The fourth-order valence-electron chi connectivity index (χ4n) is 5.00. The van der Waals surface area contributed by atoms with Gasteiger partial charge in [0.15, 0.2) is 0 Å². The molecule has 2 saturated carbocycles. The van der Waals surface area contributed by atoms with Crippen molar-refractivity contribution in [2.45, 2.75) is 83.5 Å². The lowest BCUT2D eigenvalue weighted by Gasteiger charge is -2.29. The second kappa shape index (κ2) is 10.1. The van der Waals surface area contributed by atoms with Gasteiger partial charge in [-0.05, 0) is 92.7 Å². The van der Waals surface area contributed by atoms with Crippen molar-refractivity contribution in [1.82, 2.24) is 0 Å². The van der Waals surface area contributed by atoms with Crippen LogP contribution in [0.1, 0.15) is 94.6 Å². The van der Waals surface area contributed by atoms with Gasteiger partial charge in [0, 0.05) is 0 Å². The van der Waals surface area contributed by atoms with E-state index in [4.69, 9.17) is 5.26 Å². The number of rotatable bonds is 6. The summed E-state index contributed by atoms with van der Waals surface area (Å²) in [5.41, 5.74) is 1.22. The number of nitriles is 1. The van der Waals surface area contributed by atoms with Gasteiger partial charge in [0.25, 0.3) is 0 Å². The molecule has 27 heavy (non-hydrogen) atoms. The average Bonchev–Trinajstić information content (AvgIpc) is 2.72. The van der Waals surface area contributed by atoms with Gasteiger partial charge in [0.2, 0.25) is 0 Å². The van der Waals surface area contributed by atoms with Crippen molar-refractivity contribution >= 4 is 0 Å². The van der Waals surface area contributed by atoms with Crippen LogP contribution in [0, 0.1) is 34.9 Å². The fraction of sp³-hybridized carbons (Fsp3) is 0.640. The number of benzene rings is 1. The molecule has 0 saturated heterocycles. The predicted octanol–water partition coefficient (Wildman–Crippen LogP) is 7.52. The molecule has 2 aliphatic rings. The van der Waals surface area contributed by atoms with Gasteiger partial charge in [0.1, 0.15) is 11.9 Å². The van der Waals surface area contributed by atoms with Crippen LogP contribution in [0.3, 0.4) is 0 Å². The van der Waals surface area contributed by atoms with Crippen LogP contribution < -0.4 is 0 Å². The number of nitrogens with zero attached hydrogens (tertiary/aromatic N) is 1. The number of allylic oxidation sites excluding steroid dienone is 2. The summed E-state index contributed by atoms with van der Waals surface area (Å²) in [5.74, 6) is 2.56. The third kappa shape index (κ3) is 5.68. The summed E-state index contributed by atoms with van der Waals surface area (Å²) in [7, 11) is 0. The van der Waals surface area contributed by atoms with Crippen LogP contribution in [0.5, 0.6) is 0 Å². The smallest absolute Gasteiger partial charge is 0.141 e. The zero-order valence-corrected chi connectivity index (χ0v) is 16.8. The Labute approximate surface area is 164 Å². The summed E-state index contributed by atoms with van der Waals surface area (Å²) in [6, 6.07) is 7.06. The third-order valence-electron chi connectivity index (χ3n) is 6.87. The Bertz CT molecular complexity index is 655. The highest BCUT2D eigenvalue weighted by atomic mass is 19.1. The molecule has 2 fully saturated rings. The molecule has 0 aliphatic heterocycles. The van der Waals surface area contributed by atoms with Gasteiger partial charge in [-0.3, -0.25) is 0 Å². The second-order valence-electron chi connectivity index (χ2n) is 8.77. The van der Waals surface area contributed by atoms with E-state index >= 15 is 0 Å². The minimum absolute atomic E-state index is 0.153. The molecule has 0 heterocycles. The van der Waals surface area contributed by atoms with E-state index in [0.717, 1.165) is 30.2 Å². The van der Waals surface area contributed by atoms with Gasteiger partial charge < -0.3 is 0 Å². The maximum Gasteiger partial charge on any atom is 0.141 e. The van der Waals surface area contributed by atoms with Crippen molar-refractivity contribution in [3.8, 4) is 6.07 Å². The molecule has 3 rings (SSSR count). The molecule has 2 aliphatic carbocycles. The van der Waals surface area contributed by atoms with E-state index < -0.39 is 0 Å². The monoisotopic (exact) mass is 367 g/mol. The highest BCUT2D eigenvalue weighted by Gasteiger charge is 2.23. The highest BCUT2D eigenvalue weighted by Crippen LogP contribution is 2.38. The highest BCUT2D eigenvalue weighted by molar-refractivity contribution is 5.35. The van der Waals surface area contributed by atoms with Gasteiger partial charge in [-0.2, -0.15) is 5.26 Å². The maximum atomic E-state index is 13.9. The molecule has 0 N–H and O–H groups in total. The molecule has 0 bridgehead atoms. The van der Waals surface area contributed by atoms with E-state index in [9.17, 15) is 4.39 Å². The van der Waals surface area contributed by atoms with Gasteiger partial charge in [-0.25, -0.2) is 4.39 Å². The first-order valence-corrected chi connectivity index (χ1v) is 11.1. The quantitative estimate of drug-likeness (QED) is 0.477. The fourth-order valence-corrected chi connectivity index (χ4v) is 5.00. The van der Waals surface area contributed by atoms with Gasteiger partial charge >= 0.3 is 0 Å². The van der Waals surface area contributed by atoms with Crippen LogP contribution in [0.2, 0.25) is 0 Å². The first kappa shape index (κ1) is 20.1. The van der Waals surface area contributed by atoms with Crippen molar-refractivity contribution in [3.63, 3.8) is 0 Å². The average molecular weight is 368 g/mol. The van der Waals surface area contributed by atoms with Crippen molar-refractivity contribution in [1.29, 1.82) is 5.26 Å². The van der Waals surface area contributed by atoms with Gasteiger partial charge in [-0.15, -0.1) is 0 Å². The molecule has 0 spiro atoms. The molecular weight excluding hydrogens is 333 g/mol. The normalized spacial score (nSPS) is 28.9. The van der Waals surface area contributed by atoms with E-state index in [1.165, 1.54) is 57.8 Å². The maximum absolute atomic E-state index is 13.9. The summed E-state index contributed by atoms with van der Waals surface area (Å²) in [5, 5.41) is 8.88. The molecule has 0 aromatic heterocycles. The lowest BCUT2D eigenvalue weighted by molar-refractivity contribution is 0.289. The lowest BCUT2D eigenvalue weighted by atomic mass is 9.76. The predicted molar refractivity (Wildman–Crippen MR) is 110 cm³/mol. The first-order valence-electron chi connectivity index (χ1n) is 11.1. The number of unbranched alkanes of at least 4 members (excludes halogenated alkanes) is 1. The molecule has 146 valence electrons. The Morgan fingerprint density at radius 2 is 1.63 bits per heavy atom. The van der Waals surface area contributed by atoms with Crippen LogP contribution >= 0.6 is 0 Å². The van der Waals surface area contributed by atoms with E-state index in [1.54, 1.807) is 12.1 Å². The summed E-state index contributed by atoms with van der Waals surface area (Å²) in [4.78, 5) is 0. The molecule has 0 amide bonds. The van der Waals surface area contributed by atoms with E-state index in [2.05, 4.69) is 19.1 Å². The third-order valence-corrected chi connectivity index (χ3v) is 6.87. The van der Waals surface area contributed by atoms with Crippen LogP contribution in [-0.2, 0) is 0 Å². The Morgan fingerprint density at radius 3 is 2.19 bits per heavy atom. The topological polar surface area (TPSA) is 23.8 Å².